The number of anilines is 1. The van der Waals surface area contributed by atoms with Gasteiger partial charge in [-0.25, -0.2) is 14.8 Å². The molecule has 2 aliphatic heterocycles. The summed E-state index contributed by atoms with van der Waals surface area (Å²) in [7, 11) is 2.08. The molecule has 0 radical (unpaired) electrons. The van der Waals surface area contributed by atoms with E-state index in [0.717, 1.165) is 44.0 Å². The van der Waals surface area contributed by atoms with Crippen LogP contribution in [0.4, 0.5) is 5.95 Å². The van der Waals surface area contributed by atoms with E-state index in [1.807, 2.05) is 0 Å². The maximum Gasteiger partial charge on any atom is 0.354 e. The van der Waals surface area contributed by atoms with Crippen molar-refractivity contribution in [2.75, 3.05) is 44.7 Å². The average Bonchev–Trinajstić information content (AvgIpc) is 2.46. The number of hydrogen-bond acceptors (Lipinski definition) is 6. The van der Waals surface area contributed by atoms with E-state index in [1.54, 1.807) is 0 Å². The third-order valence-corrected chi connectivity index (χ3v) is 3.91. The van der Waals surface area contributed by atoms with Crippen LogP contribution in [0.3, 0.4) is 0 Å². The molecule has 0 unspecified atom stereocenters. The Morgan fingerprint density at radius 2 is 2.00 bits per heavy atom. The van der Waals surface area contributed by atoms with Crippen LogP contribution in [0.1, 0.15) is 21.7 Å². The highest BCUT2D eigenvalue weighted by molar-refractivity contribution is 5.87. The molecule has 0 spiro atoms. The van der Waals surface area contributed by atoms with E-state index < -0.39 is 5.97 Å². The van der Waals surface area contributed by atoms with Crippen LogP contribution >= 0.6 is 0 Å². The summed E-state index contributed by atoms with van der Waals surface area (Å²) >= 11 is 0. The van der Waals surface area contributed by atoms with Gasteiger partial charge in [-0.15, -0.1) is 0 Å². The van der Waals surface area contributed by atoms with Crippen molar-refractivity contribution in [3.05, 3.63) is 17.0 Å². The Bertz CT molecular complexity index is 526. The lowest BCUT2D eigenvalue weighted by Crippen LogP contribution is -2.45. The first-order valence-electron chi connectivity index (χ1n) is 6.92. The fourth-order valence-electron chi connectivity index (χ4n) is 2.67. The third-order valence-electron chi connectivity index (χ3n) is 3.91. The molecule has 7 nitrogen and oxygen atoms in total. The standard InChI is InChI=1S/C13H19N5O2/c1-17-4-6-18(7-5-17)13-15-10-8-14-3-2-9(10)11(16-13)12(19)20/h14H,2-8H2,1H3,(H,19,20). The molecule has 0 saturated carbocycles. The van der Waals surface area contributed by atoms with E-state index in [2.05, 4.69) is 32.1 Å². The van der Waals surface area contributed by atoms with Crippen molar-refractivity contribution < 1.29 is 9.90 Å². The number of carboxylic acids is 1. The van der Waals surface area contributed by atoms with Crippen molar-refractivity contribution in [1.29, 1.82) is 0 Å². The highest BCUT2D eigenvalue weighted by atomic mass is 16.4. The number of rotatable bonds is 2. The summed E-state index contributed by atoms with van der Waals surface area (Å²) in [4.78, 5) is 24.6. The Hall–Kier alpha value is -1.73. The highest BCUT2D eigenvalue weighted by Crippen LogP contribution is 2.20. The van der Waals surface area contributed by atoms with Crippen LogP contribution in [0.5, 0.6) is 0 Å². The molecule has 1 aromatic heterocycles. The van der Waals surface area contributed by atoms with Crippen molar-refractivity contribution in [3.63, 3.8) is 0 Å². The van der Waals surface area contributed by atoms with Gasteiger partial charge in [-0.2, -0.15) is 0 Å². The molecular formula is C13H19N5O2. The van der Waals surface area contributed by atoms with Gasteiger partial charge in [0, 0.05) is 38.3 Å². The first-order chi connectivity index (χ1) is 9.65. The maximum atomic E-state index is 11.4. The number of likely N-dealkylation sites (N-methyl/N-ethyl adjacent to an activating group) is 1. The van der Waals surface area contributed by atoms with Crippen LogP contribution in [0.2, 0.25) is 0 Å². The normalized spacial score (nSPS) is 19.8. The molecule has 1 saturated heterocycles. The zero-order valence-corrected chi connectivity index (χ0v) is 11.6. The number of carbonyl (C=O) groups is 1. The van der Waals surface area contributed by atoms with Gasteiger partial charge in [-0.3, -0.25) is 0 Å². The minimum atomic E-state index is -0.957. The first kappa shape index (κ1) is 13.3. The average molecular weight is 277 g/mol. The highest BCUT2D eigenvalue weighted by Gasteiger charge is 2.24. The van der Waals surface area contributed by atoms with E-state index in [4.69, 9.17) is 0 Å². The Labute approximate surface area is 117 Å². The minimum absolute atomic E-state index is 0.172. The number of fused-ring (bicyclic) bond motifs is 1. The Morgan fingerprint density at radius 1 is 1.25 bits per heavy atom. The molecule has 2 aliphatic rings. The second-order valence-electron chi connectivity index (χ2n) is 5.32. The van der Waals surface area contributed by atoms with E-state index in [1.165, 1.54) is 0 Å². The van der Waals surface area contributed by atoms with Gasteiger partial charge >= 0.3 is 5.97 Å². The van der Waals surface area contributed by atoms with E-state index >= 15 is 0 Å². The summed E-state index contributed by atoms with van der Waals surface area (Å²) in [6.07, 6.45) is 0.681. The molecule has 3 rings (SSSR count). The van der Waals surface area contributed by atoms with E-state index in [-0.39, 0.29) is 5.69 Å². The summed E-state index contributed by atoms with van der Waals surface area (Å²) in [5, 5.41) is 12.6. The molecular weight excluding hydrogens is 258 g/mol. The van der Waals surface area contributed by atoms with Gasteiger partial charge < -0.3 is 20.2 Å². The predicted molar refractivity (Wildman–Crippen MR) is 74.1 cm³/mol. The van der Waals surface area contributed by atoms with Gasteiger partial charge in [-0.1, -0.05) is 0 Å². The smallest absolute Gasteiger partial charge is 0.354 e. The second kappa shape index (κ2) is 5.34. The largest absolute Gasteiger partial charge is 0.476 e. The lowest BCUT2D eigenvalue weighted by atomic mass is 10.0. The SMILES string of the molecule is CN1CCN(c2nc3c(c(C(=O)O)n2)CCNC3)CC1. The summed E-state index contributed by atoms with van der Waals surface area (Å²) in [5.41, 5.74) is 1.79. The molecule has 0 aliphatic carbocycles. The number of aromatic carboxylic acids is 1. The van der Waals surface area contributed by atoms with Crippen LogP contribution in [0.15, 0.2) is 0 Å². The third kappa shape index (κ3) is 2.46. The number of carboxylic acid groups (broad SMARTS) is 1. The van der Waals surface area contributed by atoms with Crippen molar-refractivity contribution in [2.45, 2.75) is 13.0 Å². The molecule has 1 fully saturated rings. The van der Waals surface area contributed by atoms with Crippen LogP contribution < -0.4 is 10.2 Å². The Balaban J connectivity index is 1.95. The van der Waals surface area contributed by atoms with Gasteiger partial charge in [0.15, 0.2) is 5.69 Å². The summed E-state index contributed by atoms with van der Waals surface area (Å²) in [6.45, 7) is 4.97. The molecule has 2 N–H and O–H groups in total. The van der Waals surface area contributed by atoms with Gasteiger partial charge in [0.2, 0.25) is 5.95 Å². The molecule has 20 heavy (non-hydrogen) atoms. The van der Waals surface area contributed by atoms with Crippen molar-refractivity contribution >= 4 is 11.9 Å². The van der Waals surface area contributed by atoms with Crippen LogP contribution in [0, 0.1) is 0 Å². The van der Waals surface area contributed by atoms with Crippen LogP contribution in [-0.2, 0) is 13.0 Å². The molecule has 7 heteroatoms. The first-order valence-corrected chi connectivity index (χ1v) is 6.92. The van der Waals surface area contributed by atoms with Crippen LogP contribution in [0.25, 0.3) is 0 Å². The second-order valence-corrected chi connectivity index (χ2v) is 5.32. The van der Waals surface area contributed by atoms with E-state index in [9.17, 15) is 9.90 Å². The van der Waals surface area contributed by atoms with Crippen LogP contribution in [-0.4, -0.2) is 65.7 Å². The number of hydrogen-bond donors (Lipinski definition) is 2. The van der Waals surface area contributed by atoms with Crippen molar-refractivity contribution in [1.82, 2.24) is 20.2 Å². The topological polar surface area (TPSA) is 81.6 Å². The molecule has 108 valence electrons. The van der Waals surface area contributed by atoms with Gasteiger partial charge in [0.25, 0.3) is 0 Å². The molecule has 3 heterocycles. The number of nitrogens with zero attached hydrogens (tertiary/aromatic N) is 4. The van der Waals surface area contributed by atoms with E-state index in [0.29, 0.717) is 18.9 Å². The lowest BCUT2D eigenvalue weighted by Gasteiger charge is -2.33. The van der Waals surface area contributed by atoms with Gasteiger partial charge in [0.05, 0.1) is 5.69 Å². The molecule has 0 aromatic carbocycles. The van der Waals surface area contributed by atoms with Gasteiger partial charge in [0.1, 0.15) is 0 Å². The minimum Gasteiger partial charge on any atom is -0.476 e. The Morgan fingerprint density at radius 3 is 2.70 bits per heavy atom. The number of nitrogens with one attached hydrogen (secondary N) is 1. The maximum absolute atomic E-state index is 11.4. The summed E-state index contributed by atoms with van der Waals surface area (Å²) in [5.74, 6) is -0.404. The fourth-order valence-corrected chi connectivity index (χ4v) is 2.67. The molecule has 0 atom stereocenters. The predicted octanol–water partition coefficient (Wildman–Crippen LogP) is -0.428. The lowest BCUT2D eigenvalue weighted by molar-refractivity contribution is 0.0688. The fraction of sp³-hybridized carbons (Fsp3) is 0.615. The van der Waals surface area contributed by atoms with Crippen molar-refractivity contribution in [3.8, 4) is 0 Å². The van der Waals surface area contributed by atoms with Crippen molar-refractivity contribution in [2.24, 2.45) is 0 Å². The number of aromatic nitrogens is 2. The number of piperazine rings is 1. The summed E-state index contributed by atoms with van der Waals surface area (Å²) < 4.78 is 0. The zero-order chi connectivity index (χ0) is 14.1. The summed E-state index contributed by atoms with van der Waals surface area (Å²) in [6, 6.07) is 0. The van der Waals surface area contributed by atoms with Gasteiger partial charge in [-0.05, 0) is 20.0 Å². The quantitative estimate of drug-likeness (QED) is 0.759. The monoisotopic (exact) mass is 277 g/mol. The Kier molecular flexibility index (Phi) is 3.54. The molecule has 1 aromatic rings. The molecule has 0 amide bonds. The molecule has 0 bridgehead atoms. The zero-order valence-electron chi connectivity index (χ0n) is 11.6.